The lowest BCUT2D eigenvalue weighted by atomic mass is 9.97. The summed E-state index contributed by atoms with van der Waals surface area (Å²) >= 11 is 0. The largest absolute Gasteiger partial charge is 0.341 e. The molecule has 0 spiro atoms. The summed E-state index contributed by atoms with van der Waals surface area (Å²) in [7, 11) is 1.75. The van der Waals surface area contributed by atoms with Gasteiger partial charge in [0.15, 0.2) is 0 Å². The lowest BCUT2D eigenvalue weighted by molar-refractivity contribution is -0.133. The number of hydrogen-bond acceptors (Lipinski definition) is 4. The highest BCUT2D eigenvalue weighted by molar-refractivity contribution is 5.92. The van der Waals surface area contributed by atoms with Crippen LogP contribution in [0.2, 0.25) is 0 Å². The molecule has 7 heteroatoms. The zero-order chi connectivity index (χ0) is 15.2. The number of likely N-dealkylation sites (N-methyl/N-ethyl adjacent to an activating group) is 1. The fraction of sp³-hybridized carbons (Fsp3) is 0.533. The summed E-state index contributed by atoms with van der Waals surface area (Å²) in [5.74, 6) is 0.378. The molecule has 2 heterocycles. The molecular formula is C15H23ClN4O2. The Kier molecular flexibility index (Phi) is 7.27. The van der Waals surface area contributed by atoms with Crippen molar-refractivity contribution in [3.63, 3.8) is 0 Å². The maximum atomic E-state index is 12.3. The zero-order valence-electron chi connectivity index (χ0n) is 13.0. The monoisotopic (exact) mass is 326 g/mol. The Balaban J connectivity index is 0.00000242. The molecule has 1 aromatic heterocycles. The Labute approximate surface area is 137 Å². The first-order chi connectivity index (χ1) is 10.1. The number of piperidine rings is 1. The molecule has 1 fully saturated rings. The number of likely N-dealkylation sites (tertiary alicyclic amines) is 1. The molecule has 1 aromatic rings. The third kappa shape index (κ3) is 4.96. The fourth-order valence-corrected chi connectivity index (χ4v) is 2.45. The van der Waals surface area contributed by atoms with Gasteiger partial charge in [0.05, 0.1) is 12.5 Å². The number of aryl methyl sites for hydroxylation is 1. The van der Waals surface area contributed by atoms with Crippen molar-refractivity contribution in [2.24, 2.45) is 5.92 Å². The lowest BCUT2D eigenvalue weighted by Crippen LogP contribution is -2.46. The molecular weight excluding hydrogens is 304 g/mol. The van der Waals surface area contributed by atoms with Gasteiger partial charge in [0.25, 0.3) is 0 Å². The summed E-state index contributed by atoms with van der Waals surface area (Å²) in [5, 5.41) is 5.68. The van der Waals surface area contributed by atoms with Crippen molar-refractivity contribution in [2.75, 3.05) is 32.0 Å². The third-order valence-electron chi connectivity index (χ3n) is 3.64. The molecule has 122 valence electrons. The van der Waals surface area contributed by atoms with E-state index in [0.29, 0.717) is 18.9 Å². The van der Waals surface area contributed by atoms with Crippen molar-refractivity contribution in [2.45, 2.75) is 19.8 Å². The fourth-order valence-electron chi connectivity index (χ4n) is 2.45. The van der Waals surface area contributed by atoms with Crippen molar-refractivity contribution in [1.82, 2.24) is 15.2 Å². The molecule has 6 nitrogen and oxygen atoms in total. The average molecular weight is 327 g/mol. The quantitative estimate of drug-likeness (QED) is 0.872. The van der Waals surface area contributed by atoms with Crippen molar-refractivity contribution in [3.05, 3.63) is 23.9 Å². The number of amides is 2. The van der Waals surface area contributed by atoms with E-state index in [0.717, 1.165) is 24.9 Å². The number of halogens is 1. The number of hydrogen-bond donors (Lipinski definition) is 2. The molecule has 22 heavy (non-hydrogen) atoms. The zero-order valence-corrected chi connectivity index (χ0v) is 13.8. The van der Waals surface area contributed by atoms with Crippen LogP contribution in [0, 0.1) is 12.8 Å². The van der Waals surface area contributed by atoms with Gasteiger partial charge in [-0.3, -0.25) is 9.59 Å². The van der Waals surface area contributed by atoms with E-state index < -0.39 is 0 Å². The normalized spacial score (nSPS) is 17.5. The van der Waals surface area contributed by atoms with E-state index in [2.05, 4.69) is 15.6 Å². The highest BCUT2D eigenvalue weighted by Gasteiger charge is 2.28. The van der Waals surface area contributed by atoms with Crippen LogP contribution >= 0.6 is 12.4 Å². The van der Waals surface area contributed by atoms with Crippen LogP contribution in [0.15, 0.2) is 18.3 Å². The number of nitrogens with one attached hydrogen (secondary N) is 2. The number of carbonyl (C=O) groups is 2. The number of pyridine rings is 1. The summed E-state index contributed by atoms with van der Waals surface area (Å²) < 4.78 is 0. The highest BCUT2D eigenvalue weighted by Crippen LogP contribution is 2.18. The predicted octanol–water partition coefficient (Wildman–Crippen LogP) is 1.21. The molecule has 0 aromatic carbocycles. The molecule has 2 rings (SSSR count). The van der Waals surface area contributed by atoms with Gasteiger partial charge in [-0.25, -0.2) is 4.98 Å². The Morgan fingerprint density at radius 1 is 1.41 bits per heavy atom. The second-order valence-electron chi connectivity index (χ2n) is 5.42. The number of rotatable bonds is 4. The molecule has 1 atom stereocenters. The Hall–Kier alpha value is -1.66. The highest BCUT2D eigenvalue weighted by atomic mass is 35.5. The van der Waals surface area contributed by atoms with E-state index >= 15 is 0 Å². The lowest BCUT2D eigenvalue weighted by Gasteiger charge is -2.32. The minimum absolute atomic E-state index is 0. The smallest absolute Gasteiger partial charge is 0.236 e. The van der Waals surface area contributed by atoms with Gasteiger partial charge in [0.1, 0.15) is 5.82 Å². The number of aromatic nitrogens is 1. The van der Waals surface area contributed by atoms with E-state index in [9.17, 15) is 9.59 Å². The van der Waals surface area contributed by atoms with Crippen LogP contribution in [-0.4, -0.2) is 48.4 Å². The summed E-state index contributed by atoms with van der Waals surface area (Å²) in [6, 6.07) is 3.70. The topological polar surface area (TPSA) is 74.3 Å². The van der Waals surface area contributed by atoms with Gasteiger partial charge in [-0.05, 0) is 38.4 Å². The predicted molar refractivity (Wildman–Crippen MR) is 88.1 cm³/mol. The average Bonchev–Trinajstić information content (AvgIpc) is 2.50. The van der Waals surface area contributed by atoms with Gasteiger partial charge in [-0.15, -0.1) is 12.4 Å². The third-order valence-corrected chi connectivity index (χ3v) is 3.64. The molecule has 2 N–H and O–H groups in total. The first-order valence-corrected chi connectivity index (χ1v) is 7.26. The number of nitrogens with zero attached hydrogens (tertiary/aromatic N) is 2. The number of carbonyl (C=O) groups excluding carboxylic acids is 2. The first-order valence-electron chi connectivity index (χ1n) is 7.26. The van der Waals surface area contributed by atoms with Gasteiger partial charge in [0.2, 0.25) is 11.8 Å². The van der Waals surface area contributed by atoms with Crippen molar-refractivity contribution in [3.8, 4) is 0 Å². The summed E-state index contributed by atoms with van der Waals surface area (Å²) in [6.07, 6.45) is 3.38. The van der Waals surface area contributed by atoms with Crippen LogP contribution in [0.4, 0.5) is 5.82 Å². The van der Waals surface area contributed by atoms with E-state index in [4.69, 9.17) is 0 Å². The van der Waals surface area contributed by atoms with Crippen LogP contribution in [0.3, 0.4) is 0 Å². The van der Waals surface area contributed by atoms with Crippen LogP contribution in [0.25, 0.3) is 0 Å². The van der Waals surface area contributed by atoms with Crippen LogP contribution in [0.5, 0.6) is 0 Å². The van der Waals surface area contributed by atoms with E-state index in [1.165, 1.54) is 0 Å². The maximum absolute atomic E-state index is 12.3. The van der Waals surface area contributed by atoms with E-state index in [-0.39, 0.29) is 30.1 Å². The molecule has 0 radical (unpaired) electrons. The SMILES string of the molecule is CNCC(=O)N1CCCC(C(=O)Nc2ccc(C)cn2)C1.Cl. The molecule has 1 aliphatic rings. The van der Waals surface area contributed by atoms with Crippen LogP contribution < -0.4 is 10.6 Å². The molecule has 2 amide bonds. The van der Waals surface area contributed by atoms with Gasteiger partial charge in [0, 0.05) is 19.3 Å². The van der Waals surface area contributed by atoms with Gasteiger partial charge >= 0.3 is 0 Å². The molecule has 0 saturated carbocycles. The van der Waals surface area contributed by atoms with Crippen LogP contribution in [0.1, 0.15) is 18.4 Å². The minimum atomic E-state index is -0.164. The summed E-state index contributed by atoms with van der Waals surface area (Å²) in [6.45, 7) is 3.48. The second kappa shape index (κ2) is 8.70. The minimum Gasteiger partial charge on any atom is -0.341 e. The summed E-state index contributed by atoms with van der Waals surface area (Å²) in [4.78, 5) is 30.1. The van der Waals surface area contributed by atoms with Crippen molar-refractivity contribution >= 4 is 30.0 Å². The Morgan fingerprint density at radius 2 is 2.18 bits per heavy atom. The molecule has 1 unspecified atom stereocenters. The second-order valence-corrected chi connectivity index (χ2v) is 5.42. The summed E-state index contributed by atoms with van der Waals surface area (Å²) in [5.41, 5.74) is 1.05. The molecule has 0 bridgehead atoms. The first kappa shape index (κ1) is 18.4. The number of anilines is 1. The maximum Gasteiger partial charge on any atom is 0.236 e. The van der Waals surface area contributed by atoms with Crippen molar-refractivity contribution < 1.29 is 9.59 Å². The van der Waals surface area contributed by atoms with Crippen LogP contribution in [-0.2, 0) is 9.59 Å². The molecule has 1 aliphatic heterocycles. The van der Waals surface area contributed by atoms with Gasteiger partial charge in [-0.1, -0.05) is 6.07 Å². The van der Waals surface area contributed by atoms with E-state index in [1.807, 2.05) is 13.0 Å². The Morgan fingerprint density at radius 3 is 2.82 bits per heavy atom. The van der Waals surface area contributed by atoms with Gasteiger partial charge < -0.3 is 15.5 Å². The van der Waals surface area contributed by atoms with Gasteiger partial charge in [-0.2, -0.15) is 0 Å². The van der Waals surface area contributed by atoms with Crippen molar-refractivity contribution in [1.29, 1.82) is 0 Å². The molecule has 1 saturated heterocycles. The Bertz CT molecular complexity index is 507. The molecule has 0 aliphatic carbocycles. The van der Waals surface area contributed by atoms with E-state index in [1.54, 1.807) is 24.2 Å². The standard InChI is InChI=1S/C15H22N4O2.ClH/c1-11-5-6-13(17-8-11)18-15(21)12-4-3-7-19(10-12)14(20)9-16-2;/h5-6,8,12,16H,3-4,7,9-10H2,1-2H3,(H,17,18,21);1H.